The lowest BCUT2D eigenvalue weighted by Crippen LogP contribution is -2.31. The van der Waals surface area contributed by atoms with Gasteiger partial charge in [0.25, 0.3) is 11.8 Å². The van der Waals surface area contributed by atoms with Gasteiger partial charge in [-0.3, -0.25) is 14.6 Å². The summed E-state index contributed by atoms with van der Waals surface area (Å²) >= 11 is 0. The van der Waals surface area contributed by atoms with Crippen LogP contribution in [0.3, 0.4) is 0 Å². The van der Waals surface area contributed by atoms with Crippen molar-refractivity contribution in [1.82, 2.24) is 11.1 Å². The van der Waals surface area contributed by atoms with Gasteiger partial charge in [0.15, 0.2) is 49.6 Å². The molecule has 0 radical (unpaired) electrons. The fraction of sp³-hybridized carbons (Fsp3) is 0.0857. The Morgan fingerprint density at radius 2 is 1.06 bits per heavy atom. The van der Waals surface area contributed by atoms with Crippen LogP contribution in [-0.4, -0.2) is 45.3 Å². The average molecular weight is 722 g/mol. The highest BCUT2D eigenvalue weighted by Crippen LogP contribution is 1.94. The molecule has 0 spiro atoms. The molecule has 0 aliphatic rings. The van der Waals surface area contributed by atoms with Gasteiger partial charge in [0, 0.05) is 36.7 Å². The molecular weight excluding hydrogens is 676 g/mol. The summed E-state index contributed by atoms with van der Waals surface area (Å²) in [6.07, 6.45) is 16.1. The molecule has 2 amide bonds. The minimum Gasteiger partial charge on any atom is -0.545 e. The summed E-state index contributed by atoms with van der Waals surface area (Å²) in [6, 6.07) is 16.2. The van der Waals surface area contributed by atoms with Crippen LogP contribution in [0.5, 0.6) is 0 Å². The number of aryl methyl sites for hydroxylation is 3. The third-order valence-corrected chi connectivity index (χ3v) is 5.48. The second-order valence-electron chi connectivity index (χ2n) is 9.42. The van der Waals surface area contributed by atoms with Crippen molar-refractivity contribution >= 4 is 29.7 Å². The number of carbonyl (C=O) groups is 5. The third kappa shape index (κ3) is 21.6. The van der Waals surface area contributed by atoms with E-state index < -0.39 is 29.7 Å². The summed E-state index contributed by atoms with van der Waals surface area (Å²) in [4.78, 5) is 58.0. The quantitative estimate of drug-likeness (QED) is 0.116. The van der Waals surface area contributed by atoms with Crippen LogP contribution < -0.4 is 46.5 Å². The van der Waals surface area contributed by atoms with Crippen molar-refractivity contribution in [2.24, 2.45) is 32.6 Å². The van der Waals surface area contributed by atoms with Gasteiger partial charge in [0.1, 0.15) is 32.3 Å². The van der Waals surface area contributed by atoms with E-state index in [1.54, 1.807) is 101 Å². The topological polar surface area (TPSA) is 310 Å². The molecule has 0 aromatic carbocycles. The predicted molar refractivity (Wildman–Crippen MR) is 184 cm³/mol. The zero-order valence-electron chi connectivity index (χ0n) is 29.2. The van der Waals surface area contributed by atoms with Crippen molar-refractivity contribution in [1.29, 1.82) is 0 Å². The first kappa shape index (κ1) is 49.2. The monoisotopic (exact) mass is 721 g/mol. The van der Waals surface area contributed by atoms with E-state index in [9.17, 15) is 34.2 Å². The van der Waals surface area contributed by atoms with Crippen molar-refractivity contribution in [3.63, 3.8) is 0 Å². The Morgan fingerprint density at radius 3 is 1.29 bits per heavy atom. The molecule has 17 nitrogen and oxygen atoms in total. The van der Waals surface area contributed by atoms with Gasteiger partial charge in [0.2, 0.25) is 0 Å². The van der Waals surface area contributed by atoms with Crippen LogP contribution in [0.1, 0.15) is 51.8 Å². The second kappa shape index (κ2) is 27.7. The van der Waals surface area contributed by atoms with Crippen LogP contribution in [-0.2, 0) is 21.1 Å². The van der Waals surface area contributed by atoms with Crippen molar-refractivity contribution in [2.75, 3.05) is 0 Å². The number of aromatic amines is 1. The van der Waals surface area contributed by atoms with Crippen LogP contribution in [0.2, 0.25) is 0 Å². The predicted octanol–water partition coefficient (Wildman–Crippen LogP) is -1.91. The Balaban J connectivity index is -0.000000565. The number of hydrogen-bond acceptors (Lipinski definition) is 8. The van der Waals surface area contributed by atoms with E-state index in [-0.39, 0.29) is 28.3 Å². The first-order valence-electron chi connectivity index (χ1n) is 14.2. The average Bonchev–Trinajstić information content (AvgIpc) is 3.11. The molecule has 5 heterocycles. The van der Waals surface area contributed by atoms with Crippen LogP contribution >= 0.6 is 0 Å². The molecule has 12 N–H and O–H groups in total. The van der Waals surface area contributed by atoms with Crippen LogP contribution in [0, 0.1) is 0 Å². The number of carboxylic acid groups (broad SMARTS) is 3. The molecule has 17 heteroatoms. The summed E-state index contributed by atoms with van der Waals surface area (Å²) in [6.45, 7) is 6.00. The first-order chi connectivity index (χ1) is 23.7. The molecule has 0 unspecified atom stereocenters. The molecule has 5 rings (SSSR count). The number of rotatable bonds is 5. The third-order valence-electron chi connectivity index (χ3n) is 5.48. The number of aromatic nitrogens is 5. The number of carbonyl (C=O) groups excluding carboxylic acids is 4. The van der Waals surface area contributed by atoms with E-state index >= 15 is 0 Å². The smallest absolute Gasteiger partial charge is 0.337 e. The number of quaternary nitrogens is 1. The van der Waals surface area contributed by atoms with Crippen molar-refractivity contribution in [2.45, 2.75) is 0 Å². The fourth-order valence-corrected chi connectivity index (χ4v) is 3.19. The van der Waals surface area contributed by atoms with E-state index in [1.165, 1.54) is 43.0 Å². The minimum absolute atomic E-state index is 0. The lowest BCUT2D eigenvalue weighted by Gasteiger charge is -1.96. The SMILES string of the molecule is C=C.C[n+]1cccc(C(=O)[O-])c1.C[n+]1cccc(C(=O)[O-])c1.C[n+]1cccc(C(N)=O)c1.NC(=O)c1ccc[nH+]c1.O.O=C(O)c1cccnc1.[NH4+]. The van der Waals surface area contributed by atoms with E-state index in [0.29, 0.717) is 11.1 Å². The number of nitrogens with zero attached hydrogens (tertiary/aromatic N) is 4. The van der Waals surface area contributed by atoms with E-state index in [0.717, 1.165) is 0 Å². The zero-order valence-corrected chi connectivity index (χ0v) is 29.2. The molecule has 5 aromatic rings. The Morgan fingerprint density at radius 1 is 0.673 bits per heavy atom. The number of nitrogens with two attached hydrogens (primary N) is 2. The van der Waals surface area contributed by atoms with Gasteiger partial charge in [-0.05, 0) is 36.4 Å². The van der Waals surface area contributed by atoms with Gasteiger partial charge in [-0.1, -0.05) is 0 Å². The summed E-state index contributed by atoms with van der Waals surface area (Å²) in [7, 11) is 5.35. The molecule has 0 fully saturated rings. The molecule has 0 aliphatic carbocycles. The number of aromatic carboxylic acids is 3. The summed E-state index contributed by atoms with van der Waals surface area (Å²) in [5.41, 5.74) is 11.6. The first-order valence-corrected chi connectivity index (χ1v) is 14.2. The normalized spacial score (nSPS) is 8.52. The van der Waals surface area contributed by atoms with E-state index in [1.807, 2.05) is 13.2 Å². The van der Waals surface area contributed by atoms with Gasteiger partial charge in [0.05, 0.1) is 28.6 Å². The molecule has 0 atom stereocenters. The van der Waals surface area contributed by atoms with Crippen LogP contribution in [0.25, 0.3) is 0 Å². The number of H-pyrrole nitrogens is 1. The maximum absolute atomic E-state index is 10.6. The molecule has 5 aromatic heterocycles. The largest absolute Gasteiger partial charge is 0.545 e. The molecule has 0 aliphatic heterocycles. The number of amides is 2. The molecule has 0 bridgehead atoms. The zero-order chi connectivity index (χ0) is 38.1. The Labute approximate surface area is 300 Å². The van der Waals surface area contributed by atoms with Gasteiger partial charge >= 0.3 is 5.97 Å². The Hall–Kier alpha value is -7.24. The highest BCUT2D eigenvalue weighted by Gasteiger charge is 2.02. The number of carboxylic acids is 3. The van der Waals surface area contributed by atoms with Crippen molar-refractivity contribution in [3.8, 4) is 0 Å². The maximum atomic E-state index is 10.6. The summed E-state index contributed by atoms with van der Waals surface area (Å²) < 4.78 is 5.09. The molecule has 0 saturated carbocycles. The number of nitrogens with one attached hydrogen (secondary N) is 1. The van der Waals surface area contributed by atoms with E-state index in [2.05, 4.69) is 23.1 Å². The lowest BCUT2D eigenvalue weighted by atomic mass is 10.3. The molecule has 52 heavy (non-hydrogen) atoms. The highest BCUT2D eigenvalue weighted by atomic mass is 16.4. The second-order valence-corrected chi connectivity index (χ2v) is 9.42. The molecule has 0 saturated heterocycles. The van der Waals surface area contributed by atoms with Gasteiger partial charge in [-0.15, -0.1) is 13.2 Å². The molecule has 276 valence electrons. The van der Waals surface area contributed by atoms with Crippen LogP contribution in [0.15, 0.2) is 136 Å². The Bertz CT molecular complexity index is 1650. The van der Waals surface area contributed by atoms with Gasteiger partial charge in [-0.25, -0.2) is 23.5 Å². The highest BCUT2D eigenvalue weighted by molar-refractivity contribution is 5.92. The lowest BCUT2D eigenvalue weighted by molar-refractivity contribution is -0.671. The molecular formula is C35H45N8O9+3. The Kier molecular flexibility index (Phi) is 26.2. The maximum Gasteiger partial charge on any atom is 0.337 e. The summed E-state index contributed by atoms with van der Waals surface area (Å²) in [5.74, 6) is -4.03. The van der Waals surface area contributed by atoms with Crippen LogP contribution in [0.4, 0.5) is 0 Å². The number of primary amides is 2. The van der Waals surface area contributed by atoms with Crippen molar-refractivity contribution < 1.29 is 63.5 Å². The van der Waals surface area contributed by atoms with Crippen molar-refractivity contribution in [3.05, 3.63) is 164 Å². The van der Waals surface area contributed by atoms with Gasteiger partial charge < -0.3 is 48.0 Å². The summed E-state index contributed by atoms with van der Waals surface area (Å²) in [5, 5.41) is 28.8. The van der Waals surface area contributed by atoms with E-state index in [4.69, 9.17) is 16.6 Å². The standard InChI is InChI=1S/C7H8N2O.2C7H7NO2.C6H6N2O.C6H5NO2.C2H4.H3N.H2O/c1-9-4-2-3-6(5-9)7(8)10;2*1-8-4-2-3-6(5-8)7(9)10;7-6(9)5-2-1-3-8-4-5;8-6(9)5-2-1-3-7-4-5;1-2;;/h2-5H,1H3,(H-,8,10);2*2-5H,1H3;1-4H,(H2,7,9);1-4H,(H,8,9);1-2H2;1H3;1H2/p+3. The fourth-order valence-electron chi connectivity index (χ4n) is 3.19. The number of pyridine rings is 5. The minimum atomic E-state index is -1.14. The number of hydrogen-bond donors (Lipinski definition) is 4. The van der Waals surface area contributed by atoms with Gasteiger partial charge in [-0.2, -0.15) is 0 Å².